The summed E-state index contributed by atoms with van der Waals surface area (Å²) < 4.78 is 5.19. The summed E-state index contributed by atoms with van der Waals surface area (Å²) in [6.45, 7) is 1.70. The normalized spacial score (nSPS) is 10.6. The minimum atomic E-state index is -0.507. The highest BCUT2D eigenvalue weighted by atomic mass is 35.5. The molecule has 0 N–H and O–H groups in total. The number of hydrogen-bond acceptors (Lipinski definition) is 6. The van der Waals surface area contributed by atoms with Crippen LogP contribution < -0.4 is 0 Å². The molecule has 0 saturated carbocycles. The van der Waals surface area contributed by atoms with Crippen LogP contribution in [0, 0.1) is 17.0 Å². The van der Waals surface area contributed by atoms with Gasteiger partial charge >= 0.3 is 0 Å². The van der Waals surface area contributed by atoms with Crippen LogP contribution in [0.15, 0.2) is 27.8 Å². The molecule has 8 heteroatoms. The molecule has 0 amide bonds. The summed E-state index contributed by atoms with van der Waals surface area (Å²) in [6.07, 6.45) is 0. The topological polar surface area (TPSA) is 82.1 Å². The molecule has 0 atom stereocenters. The third-order valence-electron chi connectivity index (χ3n) is 2.08. The molecular weight excluding hydrogens is 278 g/mol. The van der Waals surface area contributed by atoms with Gasteiger partial charge in [-0.2, -0.15) is 0 Å². The fourth-order valence-corrected chi connectivity index (χ4v) is 2.20. The van der Waals surface area contributed by atoms with Crippen molar-refractivity contribution in [3.8, 4) is 0 Å². The molecular formula is C10H8ClN3O3S. The van der Waals surface area contributed by atoms with Crippen molar-refractivity contribution in [3.05, 3.63) is 44.8 Å². The molecule has 0 unspecified atom stereocenters. The lowest BCUT2D eigenvalue weighted by molar-refractivity contribution is -0.384. The SMILES string of the molecule is Cc1nnc(SCc2ccc(Cl)c([N+](=O)[O-])c2)o1. The van der Waals surface area contributed by atoms with Crippen molar-refractivity contribution in [2.75, 3.05) is 0 Å². The van der Waals surface area contributed by atoms with Crippen LogP contribution in [0.3, 0.4) is 0 Å². The molecule has 0 aliphatic heterocycles. The molecule has 94 valence electrons. The van der Waals surface area contributed by atoms with Crippen LogP contribution in [0.5, 0.6) is 0 Å². The van der Waals surface area contributed by atoms with Gasteiger partial charge in [0.2, 0.25) is 5.89 Å². The number of halogens is 1. The first-order valence-corrected chi connectivity index (χ1v) is 6.28. The maximum absolute atomic E-state index is 10.7. The molecule has 18 heavy (non-hydrogen) atoms. The molecule has 2 rings (SSSR count). The molecule has 2 aromatic rings. The highest BCUT2D eigenvalue weighted by molar-refractivity contribution is 7.98. The molecule has 0 aliphatic rings. The molecule has 1 aromatic carbocycles. The van der Waals surface area contributed by atoms with Gasteiger partial charge in [-0.3, -0.25) is 10.1 Å². The van der Waals surface area contributed by atoms with E-state index in [9.17, 15) is 10.1 Å². The standard InChI is InChI=1S/C10H8ClN3O3S/c1-6-12-13-10(17-6)18-5-7-2-3-8(11)9(4-7)14(15)16/h2-4H,5H2,1H3. The molecule has 0 bridgehead atoms. The van der Waals surface area contributed by atoms with E-state index in [-0.39, 0.29) is 10.7 Å². The largest absolute Gasteiger partial charge is 0.416 e. The van der Waals surface area contributed by atoms with E-state index < -0.39 is 4.92 Å². The highest BCUT2D eigenvalue weighted by Gasteiger charge is 2.13. The minimum Gasteiger partial charge on any atom is -0.416 e. The Morgan fingerprint density at radius 2 is 2.28 bits per heavy atom. The molecule has 0 fully saturated rings. The molecule has 0 spiro atoms. The van der Waals surface area contributed by atoms with Crippen molar-refractivity contribution in [2.24, 2.45) is 0 Å². The van der Waals surface area contributed by atoms with Crippen molar-refractivity contribution in [1.29, 1.82) is 0 Å². The Morgan fingerprint density at radius 3 is 2.89 bits per heavy atom. The lowest BCUT2D eigenvalue weighted by atomic mass is 10.2. The van der Waals surface area contributed by atoms with E-state index in [1.807, 2.05) is 0 Å². The zero-order chi connectivity index (χ0) is 13.1. The second kappa shape index (κ2) is 5.36. The van der Waals surface area contributed by atoms with Crippen molar-refractivity contribution >= 4 is 29.1 Å². The molecule has 0 aliphatic carbocycles. The number of aryl methyl sites for hydroxylation is 1. The van der Waals surface area contributed by atoms with E-state index >= 15 is 0 Å². The van der Waals surface area contributed by atoms with E-state index in [2.05, 4.69) is 10.2 Å². The van der Waals surface area contributed by atoms with Crippen LogP contribution >= 0.6 is 23.4 Å². The third kappa shape index (κ3) is 2.99. The van der Waals surface area contributed by atoms with Crippen molar-refractivity contribution in [3.63, 3.8) is 0 Å². The van der Waals surface area contributed by atoms with E-state index in [0.29, 0.717) is 16.9 Å². The molecule has 6 nitrogen and oxygen atoms in total. The summed E-state index contributed by atoms with van der Waals surface area (Å²) in [5.74, 6) is 0.985. The molecule has 1 aromatic heterocycles. The summed E-state index contributed by atoms with van der Waals surface area (Å²) in [5, 5.41) is 18.8. The lowest BCUT2D eigenvalue weighted by Gasteiger charge is -2.00. The summed E-state index contributed by atoms with van der Waals surface area (Å²) in [6, 6.07) is 4.68. The molecule has 0 saturated heterocycles. The van der Waals surface area contributed by atoms with Gasteiger partial charge < -0.3 is 4.42 Å². The maximum Gasteiger partial charge on any atom is 0.288 e. The number of nitro benzene ring substituents is 1. The highest BCUT2D eigenvalue weighted by Crippen LogP contribution is 2.28. The van der Waals surface area contributed by atoms with Gasteiger partial charge in [-0.05, 0) is 11.6 Å². The van der Waals surface area contributed by atoms with Crippen molar-refractivity contribution < 1.29 is 9.34 Å². The second-order valence-electron chi connectivity index (χ2n) is 3.42. The van der Waals surface area contributed by atoms with Crippen LogP contribution in [0.1, 0.15) is 11.5 Å². The second-order valence-corrected chi connectivity index (χ2v) is 4.75. The minimum absolute atomic E-state index is 0.100. The Bertz CT molecular complexity index is 587. The van der Waals surface area contributed by atoms with Gasteiger partial charge in [0.1, 0.15) is 5.02 Å². The Kier molecular flexibility index (Phi) is 3.83. The summed E-state index contributed by atoms with van der Waals surface area (Å²) >= 11 is 7.04. The van der Waals surface area contributed by atoms with Crippen LogP contribution in [0.25, 0.3) is 0 Å². The van der Waals surface area contributed by atoms with Gasteiger partial charge in [0.25, 0.3) is 10.9 Å². The van der Waals surface area contributed by atoms with Gasteiger partial charge in [-0.25, -0.2) is 0 Å². The predicted octanol–water partition coefficient (Wildman–Crippen LogP) is 3.23. The Hall–Kier alpha value is -1.60. The van der Waals surface area contributed by atoms with E-state index in [0.717, 1.165) is 5.56 Å². The maximum atomic E-state index is 10.7. The number of hydrogen-bond donors (Lipinski definition) is 0. The fourth-order valence-electron chi connectivity index (χ4n) is 1.27. The number of nitro groups is 1. The van der Waals surface area contributed by atoms with E-state index in [1.54, 1.807) is 13.0 Å². The van der Waals surface area contributed by atoms with Gasteiger partial charge in [0.15, 0.2) is 0 Å². The fraction of sp³-hybridized carbons (Fsp3) is 0.200. The summed E-state index contributed by atoms with van der Waals surface area (Å²) in [4.78, 5) is 10.2. The van der Waals surface area contributed by atoms with Crippen LogP contribution in [-0.4, -0.2) is 15.1 Å². The zero-order valence-corrected chi connectivity index (χ0v) is 10.9. The first-order chi connectivity index (χ1) is 8.56. The summed E-state index contributed by atoms with van der Waals surface area (Å²) in [5.41, 5.74) is 0.670. The number of nitrogens with zero attached hydrogens (tertiary/aromatic N) is 3. The van der Waals surface area contributed by atoms with Gasteiger partial charge in [-0.1, -0.05) is 29.4 Å². The van der Waals surface area contributed by atoms with E-state index in [1.165, 1.54) is 23.9 Å². The summed E-state index contributed by atoms with van der Waals surface area (Å²) in [7, 11) is 0. The predicted molar refractivity (Wildman–Crippen MR) is 66.7 cm³/mol. The van der Waals surface area contributed by atoms with Crippen molar-refractivity contribution in [1.82, 2.24) is 10.2 Å². The molecule has 1 heterocycles. The third-order valence-corrected chi connectivity index (χ3v) is 3.29. The number of rotatable bonds is 4. The van der Waals surface area contributed by atoms with E-state index in [4.69, 9.17) is 16.0 Å². The van der Waals surface area contributed by atoms with Crippen LogP contribution in [0.2, 0.25) is 5.02 Å². The van der Waals surface area contributed by atoms with Crippen LogP contribution in [-0.2, 0) is 5.75 Å². The van der Waals surface area contributed by atoms with Gasteiger partial charge in [0.05, 0.1) is 4.92 Å². The zero-order valence-electron chi connectivity index (χ0n) is 9.29. The Labute approximate surface area is 111 Å². The smallest absolute Gasteiger partial charge is 0.288 e. The number of benzene rings is 1. The first kappa shape index (κ1) is 12.8. The Balaban J connectivity index is 2.10. The monoisotopic (exact) mass is 285 g/mol. The van der Waals surface area contributed by atoms with Crippen molar-refractivity contribution in [2.45, 2.75) is 17.9 Å². The average molecular weight is 286 g/mol. The lowest BCUT2D eigenvalue weighted by Crippen LogP contribution is -1.91. The quantitative estimate of drug-likeness (QED) is 0.487. The van der Waals surface area contributed by atoms with Crippen LogP contribution in [0.4, 0.5) is 5.69 Å². The van der Waals surface area contributed by atoms with Gasteiger partial charge in [-0.15, -0.1) is 10.2 Å². The molecule has 0 radical (unpaired) electrons. The number of thioether (sulfide) groups is 1. The Morgan fingerprint density at radius 1 is 1.50 bits per heavy atom. The number of aromatic nitrogens is 2. The first-order valence-electron chi connectivity index (χ1n) is 4.92. The average Bonchev–Trinajstić information content (AvgIpc) is 2.74. The van der Waals surface area contributed by atoms with Gasteiger partial charge in [0, 0.05) is 18.7 Å².